The van der Waals surface area contributed by atoms with Crippen molar-refractivity contribution < 1.29 is 53.6 Å². The number of hydrogen-bond donors (Lipinski definition) is 3. The van der Waals surface area contributed by atoms with Crippen LogP contribution in [-0.2, 0) is 38.2 Å². The highest BCUT2D eigenvalue weighted by Gasteiger charge is 2.21. The van der Waals surface area contributed by atoms with Crippen LogP contribution >= 0.6 is 0 Å². The van der Waals surface area contributed by atoms with E-state index in [-0.39, 0.29) is 32.1 Å². The van der Waals surface area contributed by atoms with Crippen LogP contribution in [0.3, 0.4) is 0 Å². The smallest absolute Gasteiger partial charge is 0.345 e. The lowest BCUT2D eigenvalue weighted by molar-refractivity contribution is -0.164. The summed E-state index contributed by atoms with van der Waals surface area (Å²) in [5, 5.41) is 26.6. The van der Waals surface area contributed by atoms with E-state index in [9.17, 15) is 33.9 Å². The lowest BCUT2D eigenvalue weighted by Gasteiger charge is -2.13. The zero-order valence-corrected chi connectivity index (χ0v) is 28.7. The van der Waals surface area contributed by atoms with Gasteiger partial charge in [0, 0.05) is 32.1 Å². The SMILES string of the molecule is O=C(O)CCCCCCCCCCC(=O)OC(=O)CCCCCCCCCCC(=O)OC(CCCCCCCCCC(=O)O)C(=O)O. The number of hydrogen-bond acceptors (Lipinski definition) is 8. The Kier molecular flexibility index (Phi) is 29.6. The van der Waals surface area contributed by atoms with Gasteiger partial charge in [-0.2, -0.15) is 0 Å². The highest BCUT2D eigenvalue weighted by Crippen LogP contribution is 2.15. The van der Waals surface area contributed by atoms with Crippen molar-refractivity contribution in [3.63, 3.8) is 0 Å². The third-order valence-corrected chi connectivity index (χ3v) is 8.17. The predicted octanol–water partition coefficient (Wildman–Crippen LogP) is 8.53. The quantitative estimate of drug-likeness (QED) is 0.0339. The zero-order chi connectivity index (χ0) is 35.0. The second-order valence-electron chi connectivity index (χ2n) is 12.6. The summed E-state index contributed by atoms with van der Waals surface area (Å²) in [7, 11) is 0. The molecule has 0 aromatic carbocycles. The normalized spacial score (nSPS) is 11.6. The van der Waals surface area contributed by atoms with Gasteiger partial charge in [-0.15, -0.1) is 0 Å². The van der Waals surface area contributed by atoms with Gasteiger partial charge >= 0.3 is 35.8 Å². The van der Waals surface area contributed by atoms with Gasteiger partial charge < -0.3 is 24.8 Å². The molecule has 0 heterocycles. The van der Waals surface area contributed by atoms with Crippen LogP contribution in [0.25, 0.3) is 0 Å². The van der Waals surface area contributed by atoms with Gasteiger partial charge in [-0.1, -0.05) is 109 Å². The Morgan fingerprint density at radius 2 is 0.638 bits per heavy atom. The summed E-state index contributed by atoms with van der Waals surface area (Å²) in [6, 6.07) is 0. The summed E-state index contributed by atoms with van der Waals surface area (Å²) >= 11 is 0. The Morgan fingerprint density at radius 3 is 0.957 bits per heavy atom. The highest BCUT2D eigenvalue weighted by molar-refractivity contribution is 5.85. The molecule has 0 saturated carbocycles. The van der Waals surface area contributed by atoms with Crippen LogP contribution in [0.15, 0.2) is 0 Å². The molecule has 0 radical (unpaired) electrons. The molecule has 0 aromatic rings. The molecular weight excluding hydrogens is 608 g/mol. The number of esters is 3. The number of aliphatic carboxylic acids is 3. The van der Waals surface area contributed by atoms with E-state index in [0.29, 0.717) is 38.5 Å². The minimum absolute atomic E-state index is 0.199. The average molecular weight is 671 g/mol. The van der Waals surface area contributed by atoms with Gasteiger partial charge in [0.1, 0.15) is 0 Å². The molecule has 3 N–H and O–H groups in total. The van der Waals surface area contributed by atoms with Crippen LogP contribution in [0.2, 0.25) is 0 Å². The Bertz CT molecular complexity index is 871. The Balaban J connectivity index is 3.62. The van der Waals surface area contributed by atoms with E-state index in [1.54, 1.807) is 0 Å². The van der Waals surface area contributed by atoms with Gasteiger partial charge in [-0.3, -0.25) is 24.0 Å². The number of carboxylic acid groups (broad SMARTS) is 3. The second kappa shape index (κ2) is 31.6. The van der Waals surface area contributed by atoms with E-state index in [4.69, 9.17) is 19.7 Å². The standard InChI is InChI=1S/C36H62O11/c37-31(38)25-19-13-7-1-2-10-16-22-28-34(42)47-35(43)29-23-17-11-4-3-9-15-21-27-33(41)46-30(36(44)45)24-18-12-6-5-8-14-20-26-32(39)40/h30H,1-29H2,(H,37,38)(H,39,40)(H,44,45). The van der Waals surface area contributed by atoms with E-state index in [1.807, 2.05) is 0 Å². The largest absolute Gasteiger partial charge is 0.481 e. The topological polar surface area (TPSA) is 182 Å². The first-order valence-corrected chi connectivity index (χ1v) is 18.2. The van der Waals surface area contributed by atoms with E-state index in [2.05, 4.69) is 0 Å². The van der Waals surface area contributed by atoms with Crippen molar-refractivity contribution in [1.29, 1.82) is 0 Å². The lowest BCUT2D eigenvalue weighted by atomic mass is 10.1. The molecule has 1 atom stereocenters. The van der Waals surface area contributed by atoms with Crippen molar-refractivity contribution in [2.75, 3.05) is 0 Å². The maximum Gasteiger partial charge on any atom is 0.345 e. The summed E-state index contributed by atoms with van der Waals surface area (Å²) in [4.78, 5) is 68.3. The number of carbonyl (C=O) groups is 6. The molecule has 272 valence electrons. The predicted molar refractivity (Wildman–Crippen MR) is 178 cm³/mol. The van der Waals surface area contributed by atoms with Crippen molar-refractivity contribution in [2.45, 2.75) is 192 Å². The number of unbranched alkanes of at least 4 members (excludes halogenated alkanes) is 20. The van der Waals surface area contributed by atoms with Crippen molar-refractivity contribution in [1.82, 2.24) is 0 Å². The van der Waals surface area contributed by atoms with Crippen molar-refractivity contribution in [2.24, 2.45) is 0 Å². The summed E-state index contributed by atoms with van der Waals surface area (Å²) in [6.45, 7) is 0. The number of carbonyl (C=O) groups excluding carboxylic acids is 3. The molecular formula is C36H62O11. The first kappa shape index (κ1) is 44.0. The fraction of sp³-hybridized carbons (Fsp3) is 0.833. The Labute approximate surface area is 281 Å². The van der Waals surface area contributed by atoms with Crippen molar-refractivity contribution in [3.8, 4) is 0 Å². The second-order valence-corrected chi connectivity index (χ2v) is 12.6. The minimum atomic E-state index is -1.12. The lowest BCUT2D eigenvalue weighted by Crippen LogP contribution is -2.27. The van der Waals surface area contributed by atoms with Gasteiger partial charge in [0.25, 0.3) is 0 Å². The van der Waals surface area contributed by atoms with E-state index >= 15 is 0 Å². The molecule has 0 aliphatic rings. The third-order valence-electron chi connectivity index (χ3n) is 8.17. The summed E-state index contributed by atoms with van der Waals surface area (Å²) in [5.74, 6) is -4.03. The average Bonchev–Trinajstić information content (AvgIpc) is 3.00. The first-order valence-electron chi connectivity index (χ1n) is 18.2. The van der Waals surface area contributed by atoms with Crippen LogP contribution in [0, 0.1) is 0 Å². The summed E-state index contributed by atoms with van der Waals surface area (Å²) < 4.78 is 10.1. The Hall–Kier alpha value is -2.98. The van der Waals surface area contributed by atoms with Crippen LogP contribution in [0.4, 0.5) is 0 Å². The molecule has 1 unspecified atom stereocenters. The molecule has 0 spiro atoms. The van der Waals surface area contributed by atoms with Gasteiger partial charge in [-0.05, 0) is 44.9 Å². The van der Waals surface area contributed by atoms with Gasteiger partial charge in [-0.25, -0.2) is 4.79 Å². The molecule has 0 aliphatic heterocycles. The number of rotatable bonds is 34. The fourth-order valence-corrected chi connectivity index (χ4v) is 5.37. The highest BCUT2D eigenvalue weighted by atomic mass is 16.6. The van der Waals surface area contributed by atoms with Crippen LogP contribution in [0.1, 0.15) is 186 Å². The number of ether oxygens (including phenoxy) is 2. The molecule has 0 fully saturated rings. The van der Waals surface area contributed by atoms with Crippen LogP contribution in [0.5, 0.6) is 0 Å². The van der Waals surface area contributed by atoms with Crippen LogP contribution in [-0.4, -0.2) is 57.2 Å². The first-order chi connectivity index (χ1) is 22.6. The van der Waals surface area contributed by atoms with Gasteiger partial charge in [0.05, 0.1) is 0 Å². The monoisotopic (exact) mass is 670 g/mol. The van der Waals surface area contributed by atoms with Gasteiger partial charge in [0.15, 0.2) is 6.10 Å². The summed E-state index contributed by atoms with van der Waals surface area (Å²) in [5.41, 5.74) is 0. The van der Waals surface area contributed by atoms with Crippen LogP contribution < -0.4 is 0 Å². The minimum Gasteiger partial charge on any atom is -0.481 e. The summed E-state index contributed by atoms with van der Waals surface area (Å²) in [6.07, 6.45) is 20.8. The molecule has 0 bridgehead atoms. The molecule has 11 heteroatoms. The maximum absolute atomic E-state index is 12.1. The van der Waals surface area contributed by atoms with Gasteiger partial charge in [0.2, 0.25) is 0 Å². The fourth-order valence-electron chi connectivity index (χ4n) is 5.37. The third kappa shape index (κ3) is 32.7. The van der Waals surface area contributed by atoms with E-state index in [0.717, 1.165) is 116 Å². The molecule has 0 aromatic heterocycles. The Morgan fingerprint density at radius 1 is 0.362 bits per heavy atom. The molecule has 11 nitrogen and oxygen atoms in total. The molecule has 0 aliphatic carbocycles. The molecule has 0 rings (SSSR count). The van der Waals surface area contributed by atoms with Crippen molar-refractivity contribution in [3.05, 3.63) is 0 Å². The maximum atomic E-state index is 12.1. The van der Waals surface area contributed by atoms with E-state index in [1.165, 1.54) is 0 Å². The number of carboxylic acids is 3. The zero-order valence-electron chi connectivity index (χ0n) is 28.7. The molecule has 47 heavy (non-hydrogen) atoms. The van der Waals surface area contributed by atoms with Crippen molar-refractivity contribution >= 4 is 35.8 Å². The van der Waals surface area contributed by atoms with E-state index < -0.39 is 41.9 Å². The molecule has 0 saturated heterocycles. The molecule has 0 amide bonds.